The van der Waals surface area contributed by atoms with E-state index in [0.29, 0.717) is 0 Å². The summed E-state index contributed by atoms with van der Waals surface area (Å²) < 4.78 is 5.36. The lowest BCUT2D eigenvalue weighted by Gasteiger charge is -2.07. The van der Waals surface area contributed by atoms with E-state index >= 15 is 0 Å². The largest absolute Gasteiger partial charge is 0.436 e. The first-order valence-electron chi connectivity index (χ1n) is 4.84. The summed E-state index contributed by atoms with van der Waals surface area (Å²) >= 11 is 8.87. The first-order chi connectivity index (χ1) is 8.99. The highest BCUT2D eigenvalue weighted by Gasteiger charge is 2.14. The van der Waals surface area contributed by atoms with E-state index in [4.69, 9.17) is 16.3 Å². The molecule has 1 aromatic carbocycles. The number of aromatic nitrogens is 2. The number of nitrogens with one attached hydrogen (secondary N) is 1. The molecular weight excluding hydrogens is 341 g/mol. The van der Waals surface area contributed by atoms with Crippen LogP contribution in [-0.4, -0.2) is 14.9 Å². The molecular formula is C10H5BrClN3O4. The van der Waals surface area contributed by atoms with Crippen LogP contribution in [0.15, 0.2) is 33.8 Å². The van der Waals surface area contributed by atoms with Crippen molar-refractivity contribution in [3.05, 3.63) is 54.5 Å². The lowest BCUT2D eigenvalue weighted by atomic mass is 10.3. The number of H-pyrrole nitrogens is 1. The number of ether oxygens (including phenoxy) is 1. The molecule has 0 saturated carbocycles. The predicted octanol–water partition coefficient (Wildman–Crippen LogP) is 2.89. The number of nitro groups is 1. The molecule has 2 aromatic rings. The highest BCUT2D eigenvalue weighted by Crippen LogP contribution is 2.33. The normalized spacial score (nSPS) is 10.2. The third-order valence-electron chi connectivity index (χ3n) is 2.10. The van der Waals surface area contributed by atoms with Gasteiger partial charge in [-0.05, 0) is 22.0 Å². The zero-order chi connectivity index (χ0) is 14.0. The van der Waals surface area contributed by atoms with Crippen molar-refractivity contribution in [2.45, 2.75) is 0 Å². The molecule has 0 atom stereocenters. The molecule has 0 radical (unpaired) electrons. The Bertz CT molecular complexity index is 703. The Labute approximate surface area is 119 Å². The van der Waals surface area contributed by atoms with Crippen molar-refractivity contribution >= 4 is 33.2 Å². The predicted molar refractivity (Wildman–Crippen MR) is 70.7 cm³/mol. The molecule has 9 heteroatoms. The van der Waals surface area contributed by atoms with Crippen LogP contribution in [0.4, 0.5) is 5.69 Å². The fourth-order valence-electron chi connectivity index (χ4n) is 1.23. The summed E-state index contributed by atoms with van der Waals surface area (Å²) in [6, 6.07) is 3.73. The van der Waals surface area contributed by atoms with Gasteiger partial charge in [0.05, 0.1) is 22.3 Å². The van der Waals surface area contributed by atoms with Crippen molar-refractivity contribution < 1.29 is 9.66 Å². The van der Waals surface area contributed by atoms with Gasteiger partial charge < -0.3 is 9.72 Å². The first-order valence-corrected chi connectivity index (χ1v) is 6.01. The molecule has 1 aromatic heterocycles. The van der Waals surface area contributed by atoms with E-state index in [9.17, 15) is 14.9 Å². The topological polar surface area (TPSA) is 98.1 Å². The molecule has 1 heterocycles. The van der Waals surface area contributed by atoms with Crippen LogP contribution in [0.3, 0.4) is 0 Å². The minimum Gasteiger partial charge on any atom is -0.436 e. The van der Waals surface area contributed by atoms with E-state index in [1.165, 1.54) is 12.1 Å². The van der Waals surface area contributed by atoms with Crippen LogP contribution >= 0.6 is 27.5 Å². The molecule has 19 heavy (non-hydrogen) atoms. The lowest BCUT2D eigenvalue weighted by Crippen LogP contribution is -2.08. The minimum absolute atomic E-state index is 0.0360. The van der Waals surface area contributed by atoms with Crippen LogP contribution < -0.4 is 10.3 Å². The summed E-state index contributed by atoms with van der Waals surface area (Å²) in [6.07, 6.45) is 1.15. The van der Waals surface area contributed by atoms with Gasteiger partial charge in [0.2, 0.25) is 5.88 Å². The maximum absolute atomic E-state index is 11.3. The van der Waals surface area contributed by atoms with Gasteiger partial charge in [0, 0.05) is 6.07 Å². The van der Waals surface area contributed by atoms with Crippen molar-refractivity contribution in [1.29, 1.82) is 0 Å². The maximum Gasteiger partial charge on any atom is 0.273 e. The molecule has 1 N–H and O–H groups in total. The van der Waals surface area contributed by atoms with Crippen LogP contribution in [0.25, 0.3) is 0 Å². The average molecular weight is 347 g/mol. The quantitative estimate of drug-likeness (QED) is 0.680. The fraction of sp³-hybridized carbons (Fsp3) is 0. The number of halogens is 2. The van der Waals surface area contributed by atoms with Gasteiger partial charge in [-0.15, -0.1) is 0 Å². The molecule has 0 spiro atoms. The Morgan fingerprint density at radius 3 is 2.89 bits per heavy atom. The number of hydrogen-bond acceptors (Lipinski definition) is 5. The minimum atomic E-state index is -0.580. The number of aromatic amines is 1. The number of hydrogen-bond donors (Lipinski definition) is 1. The molecule has 0 aliphatic rings. The van der Waals surface area contributed by atoms with E-state index in [0.717, 1.165) is 12.4 Å². The van der Waals surface area contributed by atoms with Gasteiger partial charge in [-0.25, -0.2) is 4.98 Å². The van der Waals surface area contributed by atoms with Gasteiger partial charge in [0.1, 0.15) is 4.47 Å². The maximum atomic E-state index is 11.3. The molecule has 0 aliphatic carbocycles. The van der Waals surface area contributed by atoms with Crippen molar-refractivity contribution in [3.63, 3.8) is 0 Å². The third kappa shape index (κ3) is 2.91. The second-order valence-electron chi connectivity index (χ2n) is 3.32. The number of benzene rings is 1. The molecule has 0 saturated heterocycles. The molecule has 0 amide bonds. The first kappa shape index (κ1) is 13.5. The van der Waals surface area contributed by atoms with Crippen molar-refractivity contribution in [2.75, 3.05) is 0 Å². The van der Waals surface area contributed by atoms with Crippen LogP contribution in [-0.2, 0) is 0 Å². The third-order valence-corrected chi connectivity index (χ3v) is 3.11. The summed E-state index contributed by atoms with van der Waals surface area (Å²) in [5.41, 5.74) is -0.619. The van der Waals surface area contributed by atoms with E-state index in [2.05, 4.69) is 25.9 Å². The summed E-state index contributed by atoms with van der Waals surface area (Å²) in [7, 11) is 0. The van der Waals surface area contributed by atoms with Gasteiger partial charge in [0.25, 0.3) is 11.2 Å². The SMILES string of the molecule is O=c1[nH]cnc(Oc2cc([N+](=O)[O-])ccc2Cl)c1Br. The van der Waals surface area contributed by atoms with Crippen LogP contribution in [0.1, 0.15) is 0 Å². The zero-order valence-electron chi connectivity index (χ0n) is 9.09. The van der Waals surface area contributed by atoms with Crippen molar-refractivity contribution in [3.8, 4) is 11.6 Å². The Morgan fingerprint density at radius 2 is 2.21 bits per heavy atom. The van der Waals surface area contributed by atoms with E-state index < -0.39 is 10.5 Å². The van der Waals surface area contributed by atoms with Crippen molar-refractivity contribution in [2.24, 2.45) is 0 Å². The molecule has 0 aliphatic heterocycles. The Kier molecular flexibility index (Phi) is 3.82. The number of rotatable bonds is 3. The number of nitro benzene ring substituents is 1. The number of nitrogens with zero attached hydrogens (tertiary/aromatic N) is 2. The molecule has 0 unspecified atom stereocenters. The van der Waals surface area contributed by atoms with Gasteiger partial charge in [-0.1, -0.05) is 11.6 Å². The van der Waals surface area contributed by atoms with E-state index in [-0.39, 0.29) is 26.8 Å². The number of non-ortho nitro benzene ring substituents is 1. The fourth-order valence-corrected chi connectivity index (χ4v) is 1.68. The second-order valence-corrected chi connectivity index (χ2v) is 4.52. The Balaban J connectivity index is 2.43. The Morgan fingerprint density at radius 1 is 1.47 bits per heavy atom. The molecule has 98 valence electrons. The molecule has 7 nitrogen and oxygen atoms in total. The monoisotopic (exact) mass is 345 g/mol. The highest BCUT2D eigenvalue weighted by atomic mass is 79.9. The molecule has 2 rings (SSSR count). The van der Waals surface area contributed by atoms with Gasteiger partial charge in [-0.3, -0.25) is 14.9 Å². The standard InChI is InChI=1S/C10H5BrClN3O4/c11-8-9(16)13-4-14-10(8)19-7-3-5(15(17)18)1-2-6(7)12/h1-4H,(H,13,14,16). The van der Waals surface area contributed by atoms with Crippen LogP contribution in [0.5, 0.6) is 11.6 Å². The van der Waals surface area contributed by atoms with E-state index in [1.54, 1.807) is 0 Å². The average Bonchev–Trinajstić information content (AvgIpc) is 2.37. The summed E-state index contributed by atoms with van der Waals surface area (Å²) in [5.74, 6) is 0.000754. The Hall–Kier alpha value is -1.93. The van der Waals surface area contributed by atoms with Crippen molar-refractivity contribution in [1.82, 2.24) is 9.97 Å². The van der Waals surface area contributed by atoms with E-state index in [1.807, 2.05) is 0 Å². The smallest absolute Gasteiger partial charge is 0.273 e. The summed E-state index contributed by atoms with van der Waals surface area (Å²) in [4.78, 5) is 27.5. The molecule has 0 fully saturated rings. The van der Waals surface area contributed by atoms with Crippen LogP contribution in [0.2, 0.25) is 5.02 Å². The van der Waals surface area contributed by atoms with Gasteiger partial charge in [-0.2, -0.15) is 0 Å². The summed E-state index contributed by atoms with van der Waals surface area (Å²) in [6.45, 7) is 0. The van der Waals surface area contributed by atoms with Gasteiger partial charge >= 0.3 is 0 Å². The van der Waals surface area contributed by atoms with Crippen LogP contribution in [0, 0.1) is 10.1 Å². The lowest BCUT2D eigenvalue weighted by molar-refractivity contribution is -0.384. The summed E-state index contributed by atoms with van der Waals surface area (Å²) in [5, 5.41) is 10.8. The highest BCUT2D eigenvalue weighted by molar-refractivity contribution is 9.10. The second kappa shape index (κ2) is 5.37. The molecule has 0 bridgehead atoms. The van der Waals surface area contributed by atoms with Gasteiger partial charge in [0.15, 0.2) is 5.75 Å². The zero-order valence-corrected chi connectivity index (χ0v) is 11.4.